The summed E-state index contributed by atoms with van der Waals surface area (Å²) in [4.78, 5) is 35.8. The van der Waals surface area contributed by atoms with E-state index in [1.807, 2.05) is 32.9 Å². The van der Waals surface area contributed by atoms with E-state index in [9.17, 15) is 22.8 Å². The molecule has 0 saturated heterocycles. The fourth-order valence-corrected chi connectivity index (χ4v) is 5.26. The van der Waals surface area contributed by atoms with E-state index in [0.717, 1.165) is 5.56 Å². The first kappa shape index (κ1) is 24.2. The lowest BCUT2D eigenvalue weighted by atomic mass is 10.1. The Kier molecular flexibility index (Phi) is 7.37. The lowest BCUT2D eigenvalue weighted by molar-refractivity contribution is -0.123. The summed E-state index contributed by atoms with van der Waals surface area (Å²) in [5, 5.41) is 4.57. The second-order valence-corrected chi connectivity index (χ2v) is 10.1. The Morgan fingerprint density at radius 3 is 2.58 bits per heavy atom. The molecule has 3 rings (SSSR count). The van der Waals surface area contributed by atoms with Crippen LogP contribution < -0.4 is 14.9 Å². The number of para-hydroxylation sites is 1. The lowest BCUT2D eigenvalue weighted by Crippen LogP contribution is -2.42. The van der Waals surface area contributed by atoms with Gasteiger partial charge in [-0.3, -0.25) is 14.4 Å². The third-order valence-electron chi connectivity index (χ3n) is 5.03. The molecule has 1 heterocycles. The van der Waals surface area contributed by atoms with Crippen LogP contribution in [0.1, 0.15) is 36.7 Å². The van der Waals surface area contributed by atoms with E-state index >= 15 is 0 Å². The fourth-order valence-electron chi connectivity index (χ4n) is 3.52. The third kappa shape index (κ3) is 5.70. The number of fused-ring (bicyclic) bond motifs is 1. The number of sulfonamides is 1. The number of benzene rings is 2. The van der Waals surface area contributed by atoms with Gasteiger partial charge in [0.25, 0.3) is 15.9 Å². The highest BCUT2D eigenvalue weighted by molar-refractivity contribution is 7.92. The summed E-state index contributed by atoms with van der Waals surface area (Å²) in [5.41, 5.74) is 1.53. The number of nitrogens with zero attached hydrogens (tertiary/aromatic N) is 1. The van der Waals surface area contributed by atoms with Crippen LogP contribution in [0.3, 0.4) is 0 Å². The van der Waals surface area contributed by atoms with Crippen molar-refractivity contribution in [1.29, 1.82) is 0 Å². The van der Waals surface area contributed by atoms with Crippen molar-refractivity contribution in [2.75, 3.05) is 17.5 Å². The van der Waals surface area contributed by atoms with Crippen LogP contribution in [0, 0.1) is 5.92 Å². The van der Waals surface area contributed by atoms with Gasteiger partial charge in [0.1, 0.15) is 0 Å². The van der Waals surface area contributed by atoms with Crippen LogP contribution in [0.4, 0.5) is 10.5 Å². The molecule has 0 aliphatic carbocycles. The van der Waals surface area contributed by atoms with Crippen LogP contribution in [-0.2, 0) is 26.0 Å². The number of imide groups is 1. The number of nitrogens with one attached hydrogen (secondary N) is 2. The Morgan fingerprint density at radius 1 is 1.12 bits per heavy atom. The first-order chi connectivity index (χ1) is 15.6. The number of urea groups is 1. The molecule has 2 aromatic rings. The first-order valence-electron chi connectivity index (χ1n) is 10.6. The van der Waals surface area contributed by atoms with Crippen molar-refractivity contribution in [2.45, 2.75) is 38.1 Å². The zero-order valence-electron chi connectivity index (χ0n) is 18.7. The van der Waals surface area contributed by atoms with Gasteiger partial charge in [-0.15, -0.1) is 0 Å². The zero-order chi connectivity index (χ0) is 24.2. The number of esters is 1. The standard InChI is InChI=1S/C23H27N3O6S/c1-15(2)13-24-23(29)25-21(27)14-32-22(28)18-8-6-9-19(12-18)33(30,31)26-16(3)11-17-7-4-5-10-20(17)26/h4-10,12,15-16H,11,13-14H2,1-3H3,(H2,24,25,27,29)/t16-/m0/s1. The molecule has 10 heteroatoms. The van der Waals surface area contributed by atoms with Crippen molar-refractivity contribution in [3.63, 3.8) is 0 Å². The van der Waals surface area contributed by atoms with Crippen LogP contribution in [0.2, 0.25) is 0 Å². The van der Waals surface area contributed by atoms with Gasteiger partial charge in [-0.25, -0.2) is 18.0 Å². The minimum Gasteiger partial charge on any atom is -0.452 e. The Morgan fingerprint density at radius 2 is 1.85 bits per heavy atom. The van der Waals surface area contributed by atoms with Crippen molar-refractivity contribution in [2.24, 2.45) is 5.92 Å². The predicted octanol–water partition coefficient (Wildman–Crippen LogP) is 2.47. The lowest BCUT2D eigenvalue weighted by Gasteiger charge is -2.24. The molecule has 3 amide bonds. The van der Waals surface area contributed by atoms with Crippen molar-refractivity contribution in [1.82, 2.24) is 10.6 Å². The molecule has 0 fully saturated rings. The Bertz CT molecular complexity index is 1160. The van der Waals surface area contributed by atoms with E-state index in [1.165, 1.54) is 28.6 Å². The fraction of sp³-hybridized carbons (Fsp3) is 0.348. The number of hydrogen-bond donors (Lipinski definition) is 2. The second kappa shape index (κ2) is 10.0. The quantitative estimate of drug-likeness (QED) is 0.596. The van der Waals surface area contributed by atoms with Crippen molar-refractivity contribution < 1.29 is 27.5 Å². The maximum atomic E-state index is 13.3. The van der Waals surface area contributed by atoms with Crippen molar-refractivity contribution in [3.05, 3.63) is 59.7 Å². The average Bonchev–Trinajstić information content (AvgIpc) is 3.12. The van der Waals surface area contributed by atoms with E-state index in [4.69, 9.17) is 4.74 Å². The summed E-state index contributed by atoms with van der Waals surface area (Å²) < 4.78 is 33.0. The van der Waals surface area contributed by atoms with Gasteiger partial charge in [-0.05, 0) is 49.1 Å². The highest BCUT2D eigenvalue weighted by atomic mass is 32.2. The van der Waals surface area contributed by atoms with Gasteiger partial charge in [0.05, 0.1) is 16.1 Å². The molecule has 2 aromatic carbocycles. The molecule has 1 atom stereocenters. The van der Waals surface area contributed by atoms with E-state index in [-0.39, 0.29) is 22.4 Å². The van der Waals surface area contributed by atoms with Crippen LogP contribution in [-0.4, -0.2) is 45.5 Å². The summed E-state index contributed by atoms with van der Waals surface area (Å²) in [6.07, 6.45) is 0.594. The van der Waals surface area contributed by atoms with E-state index in [0.29, 0.717) is 18.7 Å². The molecule has 0 spiro atoms. The molecule has 2 N–H and O–H groups in total. The number of carbonyl (C=O) groups is 3. The highest BCUT2D eigenvalue weighted by Gasteiger charge is 2.36. The second-order valence-electron chi connectivity index (χ2n) is 8.24. The van der Waals surface area contributed by atoms with Crippen molar-refractivity contribution in [3.8, 4) is 0 Å². The van der Waals surface area contributed by atoms with Gasteiger partial charge >= 0.3 is 12.0 Å². The largest absolute Gasteiger partial charge is 0.452 e. The molecule has 176 valence electrons. The number of amides is 3. The average molecular weight is 474 g/mol. The van der Waals surface area contributed by atoms with Gasteiger partial charge in [0, 0.05) is 12.6 Å². The van der Waals surface area contributed by atoms with Crippen LogP contribution in [0.25, 0.3) is 0 Å². The molecular weight excluding hydrogens is 446 g/mol. The normalized spacial score (nSPS) is 15.2. The summed E-state index contributed by atoms with van der Waals surface area (Å²) in [7, 11) is -3.92. The molecule has 0 aromatic heterocycles. The molecule has 0 bridgehead atoms. The summed E-state index contributed by atoms with van der Waals surface area (Å²) in [5.74, 6) is -1.46. The van der Waals surface area contributed by atoms with Gasteiger partial charge in [0.15, 0.2) is 6.61 Å². The number of carbonyl (C=O) groups excluding carboxylic acids is 3. The number of ether oxygens (including phenoxy) is 1. The van der Waals surface area contributed by atoms with Crippen molar-refractivity contribution >= 4 is 33.6 Å². The number of hydrogen-bond acceptors (Lipinski definition) is 6. The van der Waals surface area contributed by atoms with E-state index < -0.39 is 34.5 Å². The van der Waals surface area contributed by atoms with Gasteiger partial charge in [0.2, 0.25) is 0 Å². The van der Waals surface area contributed by atoms with E-state index in [2.05, 4.69) is 10.6 Å². The maximum absolute atomic E-state index is 13.3. The summed E-state index contributed by atoms with van der Waals surface area (Å²) in [6, 6.07) is 11.8. The smallest absolute Gasteiger partial charge is 0.338 e. The predicted molar refractivity (Wildman–Crippen MR) is 122 cm³/mol. The van der Waals surface area contributed by atoms with Gasteiger partial charge in [-0.2, -0.15) is 0 Å². The highest BCUT2D eigenvalue weighted by Crippen LogP contribution is 2.36. The Hall–Kier alpha value is -3.40. The van der Waals surface area contributed by atoms with Crippen LogP contribution in [0.5, 0.6) is 0 Å². The maximum Gasteiger partial charge on any atom is 0.338 e. The summed E-state index contributed by atoms with van der Waals surface area (Å²) in [6.45, 7) is 5.34. The Labute approximate surface area is 193 Å². The SMILES string of the molecule is CC(C)CNC(=O)NC(=O)COC(=O)c1cccc(S(=O)(=O)N2c3ccccc3C[C@@H]2C)c1. The van der Waals surface area contributed by atoms with Crippen LogP contribution in [0.15, 0.2) is 53.4 Å². The molecule has 1 aliphatic rings. The molecule has 1 aliphatic heterocycles. The molecule has 0 radical (unpaired) electrons. The minimum atomic E-state index is -3.92. The molecule has 33 heavy (non-hydrogen) atoms. The third-order valence-corrected chi connectivity index (χ3v) is 6.95. The molecular formula is C23H27N3O6S. The molecule has 9 nitrogen and oxygen atoms in total. The Balaban J connectivity index is 1.67. The number of anilines is 1. The topological polar surface area (TPSA) is 122 Å². The first-order valence-corrected chi connectivity index (χ1v) is 12.0. The van der Waals surface area contributed by atoms with Gasteiger partial charge in [-0.1, -0.05) is 38.1 Å². The zero-order valence-corrected chi connectivity index (χ0v) is 19.5. The molecule has 0 unspecified atom stereocenters. The summed E-state index contributed by atoms with van der Waals surface area (Å²) >= 11 is 0. The number of rotatable bonds is 7. The monoisotopic (exact) mass is 473 g/mol. The minimum absolute atomic E-state index is 0.0201. The molecule has 0 saturated carbocycles. The van der Waals surface area contributed by atoms with E-state index in [1.54, 1.807) is 12.1 Å². The van der Waals surface area contributed by atoms with Gasteiger partial charge < -0.3 is 10.1 Å². The van der Waals surface area contributed by atoms with Crippen LogP contribution >= 0.6 is 0 Å².